The van der Waals surface area contributed by atoms with Gasteiger partial charge in [0.2, 0.25) is 0 Å². The van der Waals surface area contributed by atoms with E-state index in [2.05, 4.69) is 21.7 Å². The largest absolute Gasteiger partial charge is 0.464 e. The first-order valence-electron chi connectivity index (χ1n) is 7.57. The SMILES string of the molecule is N#Cc1cccc(NC=C2C(=O)Nc3ncc(-c4ccco4)cc32)c1. The average Bonchev–Trinajstić information content (AvgIpc) is 3.27. The first-order valence-corrected chi connectivity index (χ1v) is 7.57. The number of hydrogen-bond acceptors (Lipinski definition) is 5. The molecule has 1 amide bonds. The van der Waals surface area contributed by atoms with Gasteiger partial charge in [0.1, 0.15) is 11.6 Å². The third-order valence-corrected chi connectivity index (χ3v) is 3.83. The van der Waals surface area contributed by atoms with Crippen LogP contribution in [0.4, 0.5) is 11.5 Å². The molecule has 2 N–H and O–H groups in total. The molecule has 0 aliphatic carbocycles. The van der Waals surface area contributed by atoms with Crippen molar-refractivity contribution >= 4 is 23.0 Å². The lowest BCUT2D eigenvalue weighted by molar-refractivity contribution is -0.110. The highest BCUT2D eigenvalue weighted by Crippen LogP contribution is 2.33. The average molecular weight is 328 g/mol. The summed E-state index contributed by atoms with van der Waals surface area (Å²) in [5, 5.41) is 14.8. The summed E-state index contributed by atoms with van der Waals surface area (Å²) in [6, 6.07) is 14.6. The zero-order valence-corrected chi connectivity index (χ0v) is 13.0. The summed E-state index contributed by atoms with van der Waals surface area (Å²) in [4.78, 5) is 16.5. The van der Waals surface area contributed by atoms with E-state index in [1.165, 1.54) is 0 Å². The van der Waals surface area contributed by atoms with Crippen molar-refractivity contribution < 1.29 is 9.21 Å². The summed E-state index contributed by atoms with van der Waals surface area (Å²) in [6.07, 6.45) is 4.86. The number of rotatable bonds is 3. The Balaban J connectivity index is 1.68. The monoisotopic (exact) mass is 328 g/mol. The van der Waals surface area contributed by atoms with Crippen molar-refractivity contribution in [3.05, 3.63) is 72.3 Å². The van der Waals surface area contributed by atoms with Gasteiger partial charge < -0.3 is 15.1 Å². The molecule has 0 bridgehead atoms. The van der Waals surface area contributed by atoms with Crippen molar-refractivity contribution in [2.24, 2.45) is 0 Å². The molecule has 0 saturated carbocycles. The Bertz CT molecular complexity index is 1030. The van der Waals surface area contributed by atoms with Crippen LogP contribution in [0, 0.1) is 11.3 Å². The van der Waals surface area contributed by atoms with Crippen molar-refractivity contribution in [2.75, 3.05) is 10.6 Å². The summed E-state index contributed by atoms with van der Waals surface area (Å²) in [6.45, 7) is 0. The minimum absolute atomic E-state index is 0.233. The van der Waals surface area contributed by atoms with Crippen LogP contribution in [0.2, 0.25) is 0 Å². The van der Waals surface area contributed by atoms with Gasteiger partial charge in [-0.3, -0.25) is 4.79 Å². The second-order valence-corrected chi connectivity index (χ2v) is 5.45. The second-order valence-electron chi connectivity index (χ2n) is 5.45. The number of anilines is 2. The standard InChI is InChI=1S/C19H12N4O2/c20-9-12-3-1-4-14(7-12)21-11-16-15-8-13(17-5-2-6-25-17)10-22-18(15)23-19(16)24/h1-8,10-11,21H,(H,22,23,24). The molecular formula is C19H12N4O2. The topological polar surface area (TPSA) is 91.0 Å². The van der Waals surface area contributed by atoms with Gasteiger partial charge in [-0.05, 0) is 36.4 Å². The van der Waals surface area contributed by atoms with Crippen LogP contribution >= 0.6 is 0 Å². The number of pyridine rings is 1. The molecule has 0 fully saturated rings. The van der Waals surface area contributed by atoms with E-state index in [-0.39, 0.29) is 5.91 Å². The highest BCUT2D eigenvalue weighted by atomic mass is 16.3. The Kier molecular flexibility index (Phi) is 3.52. The van der Waals surface area contributed by atoms with Crippen molar-refractivity contribution in [1.82, 2.24) is 4.98 Å². The van der Waals surface area contributed by atoms with Gasteiger partial charge in [-0.1, -0.05) is 6.07 Å². The Morgan fingerprint density at radius 3 is 2.96 bits per heavy atom. The summed E-state index contributed by atoms with van der Waals surface area (Å²) in [5.41, 5.74) is 3.23. The highest BCUT2D eigenvalue weighted by molar-refractivity contribution is 6.31. The van der Waals surface area contributed by atoms with Crippen molar-refractivity contribution in [1.29, 1.82) is 5.26 Å². The fourth-order valence-electron chi connectivity index (χ4n) is 2.62. The molecule has 0 radical (unpaired) electrons. The van der Waals surface area contributed by atoms with Crippen LogP contribution in [0.15, 0.2) is 65.5 Å². The fourth-order valence-corrected chi connectivity index (χ4v) is 2.62. The van der Waals surface area contributed by atoms with E-state index in [1.54, 1.807) is 42.9 Å². The molecule has 0 atom stereocenters. The second kappa shape index (κ2) is 5.98. The molecule has 3 heterocycles. The quantitative estimate of drug-likeness (QED) is 0.717. The number of furan rings is 1. The van der Waals surface area contributed by atoms with E-state index in [0.29, 0.717) is 28.3 Å². The number of nitriles is 1. The number of nitrogens with zero attached hydrogens (tertiary/aromatic N) is 2. The van der Waals surface area contributed by atoms with Crippen LogP contribution in [0.5, 0.6) is 0 Å². The van der Waals surface area contributed by atoms with E-state index < -0.39 is 0 Å². The predicted molar refractivity (Wildman–Crippen MR) is 93.3 cm³/mol. The number of aromatic nitrogens is 1. The summed E-state index contributed by atoms with van der Waals surface area (Å²) in [7, 11) is 0. The van der Waals surface area contributed by atoms with Crippen molar-refractivity contribution in [3.8, 4) is 17.4 Å². The van der Waals surface area contributed by atoms with E-state index in [4.69, 9.17) is 9.68 Å². The van der Waals surface area contributed by atoms with Crippen LogP contribution in [0.3, 0.4) is 0 Å². The number of carbonyl (C=O) groups excluding carboxylic acids is 1. The molecule has 4 rings (SSSR count). The lowest BCUT2D eigenvalue weighted by Crippen LogP contribution is -2.05. The van der Waals surface area contributed by atoms with Gasteiger partial charge in [-0.2, -0.15) is 5.26 Å². The van der Waals surface area contributed by atoms with Crippen molar-refractivity contribution in [3.63, 3.8) is 0 Å². The van der Waals surface area contributed by atoms with Crippen molar-refractivity contribution in [2.45, 2.75) is 0 Å². The number of carbonyl (C=O) groups is 1. The van der Waals surface area contributed by atoms with E-state index >= 15 is 0 Å². The number of hydrogen-bond donors (Lipinski definition) is 2. The lowest BCUT2D eigenvalue weighted by atomic mass is 10.1. The molecular weight excluding hydrogens is 316 g/mol. The summed E-state index contributed by atoms with van der Waals surface area (Å²) < 4.78 is 5.39. The maximum absolute atomic E-state index is 12.2. The summed E-state index contributed by atoms with van der Waals surface area (Å²) >= 11 is 0. The van der Waals surface area contributed by atoms with Crippen LogP contribution < -0.4 is 10.6 Å². The minimum atomic E-state index is -0.233. The molecule has 1 aliphatic heterocycles. The van der Waals surface area contributed by atoms with E-state index in [1.807, 2.05) is 18.2 Å². The molecule has 6 nitrogen and oxygen atoms in total. The molecule has 0 unspecified atom stereocenters. The molecule has 120 valence electrons. The Morgan fingerprint density at radius 2 is 2.16 bits per heavy atom. The third kappa shape index (κ3) is 2.75. The maximum Gasteiger partial charge on any atom is 0.259 e. The molecule has 3 aromatic rings. The molecule has 1 aromatic carbocycles. The zero-order chi connectivity index (χ0) is 17.2. The molecule has 25 heavy (non-hydrogen) atoms. The van der Waals surface area contributed by atoms with Gasteiger partial charge in [-0.25, -0.2) is 4.98 Å². The molecule has 0 spiro atoms. The van der Waals surface area contributed by atoms with Gasteiger partial charge in [0.25, 0.3) is 5.91 Å². The highest BCUT2D eigenvalue weighted by Gasteiger charge is 2.26. The van der Waals surface area contributed by atoms with Gasteiger partial charge in [0, 0.05) is 29.2 Å². The van der Waals surface area contributed by atoms with Crippen LogP contribution in [0.25, 0.3) is 16.9 Å². The van der Waals surface area contributed by atoms with E-state index in [9.17, 15) is 4.79 Å². The van der Waals surface area contributed by atoms with Gasteiger partial charge >= 0.3 is 0 Å². The fraction of sp³-hybridized carbons (Fsp3) is 0. The van der Waals surface area contributed by atoms with Gasteiger partial charge in [0.05, 0.1) is 23.5 Å². The molecule has 1 aliphatic rings. The number of amides is 1. The van der Waals surface area contributed by atoms with Gasteiger partial charge in [-0.15, -0.1) is 0 Å². The van der Waals surface area contributed by atoms with Crippen LogP contribution in [-0.2, 0) is 4.79 Å². The molecule has 0 saturated heterocycles. The number of nitrogens with one attached hydrogen (secondary N) is 2. The number of fused-ring (bicyclic) bond motifs is 1. The maximum atomic E-state index is 12.2. The van der Waals surface area contributed by atoms with Crippen LogP contribution in [0.1, 0.15) is 11.1 Å². The van der Waals surface area contributed by atoms with E-state index in [0.717, 1.165) is 11.3 Å². The number of benzene rings is 1. The minimum Gasteiger partial charge on any atom is -0.464 e. The predicted octanol–water partition coefficient (Wildman–Crippen LogP) is 3.62. The zero-order valence-electron chi connectivity index (χ0n) is 13.0. The Labute approximate surface area is 143 Å². The molecule has 6 heteroatoms. The normalized spacial score (nSPS) is 14.0. The van der Waals surface area contributed by atoms with Gasteiger partial charge in [0.15, 0.2) is 0 Å². The Morgan fingerprint density at radius 1 is 1.24 bits per heavy atom. The first-order chi connectivity index (χ1) is 12.2. The molecule has 2 aromatic heterocycles. The lowest BCUT2D eigenvalue weighted by Gasteiger charge is -2.04. The first kappa shape index (κ1) is 14.7. The smallest absolute Gasteiger partial charge is 0.259 e. The summed E-state index contributed by atoms with van der Waals surface area (Å²) in [5.74, 6) is 0.964. The van der Waals surface area contributed by atoms with Crippen LogP contribution in [-0.4, -0.2) is 10.9 Å². The third-order valence-electron chi connectivity index (χ3n) is 3.83. The Hall–Kier alpha value is -3.85.